The summed E-state index contributed by atoms with van der Waals surface area (Å²) in [7, 11) is 0. The van der Waals surface area contributed by atoms with E-state index < -0.39 is 0 Å². The number of nitrogens with zero attached hydrogens (tertiary/aromatic N) is 1. The summed E-state index contributed by atoms with van der Waals surface area (Å²) >= 11 is 2.06. The molecule has 1 unspecified atom stereocenters. The number of hydrogen-bond acceptors (Lipinski definition) is 3. The summed E-state index contributed by atoms with van der Waals surface area (Å²) in [6, 6.07) is 0. The van der Waals surface area contributed by atoms with Crippen molar-refractivity contribution in [1.29, 1.82) is 0 Å². The van der Waals surface area contributed by atoms with Crippen LogP contribution < -0.4 is 5.32 Å². The second kappa shape index (κ2) is 3.85. The lowest BCUT2D eigenvalue weighted by molar-refractivity contribution is 0.632. The van der Waals surface area contributed by atoms with Gasteiger partial charge in [-0.3, -0.25) is 5.10 Å². The molecule has 4 heteroatoms. The number of anilines is 1. The molecular formula is C8H13N3S. The summed E-state index contributed by atoms with van der Waals surface area (Å²) in [5.41, 5.74) is 1.10. The van der Waals surface area contributed by atoms with E-state index in [0.29, 0.717) is 0 Å². The zero-order valence-electron chi connectivity index (χ0n) is 6.92. The fraction of sp³-hybridized carbons (Fsp3) is 0.625. The third-order valence-corrected chi connectivity index (χ3v) is 3.35. The van der Waals surface area contributed by atoms with E-state index in [0.717, 1.165) is 18.2 Å². The Balaban J connectivity index is 1.74. The molecule has 1 aromatic rings. The highest BCUT2D eigenvalue weighted by Gasteiger charge is 2.14. The number of nitrogens with one attached hydrogen (secondary N) is 2. The molecule has 1 aliphatic heterocycles. The molecule has 1 fully saturated rings. The van der Waals surface area contributed by atoms with Crippen molar-refractivity contribution in [3.63, 3.8) is 0 Å². The van der Waals surface area contributed by atoms with Crippen LogP contribution in [0.5, 0.6) is 0 Å². The molecule has 0 amide bonds. The van der Waals surface area contributed by atoms with Gasteiger partial charge in [0.05, 0.1) is 11.9 Å². The second-order valence-corrected chi connectivity index (χ2v) is 4.25. The van der Waals surface area contributed by atoms with E-state index in [2.05, 4.69) is 27.3 Å². The van der Waals surface area contributed by atoms with Gasteiger partial charge in [0.2, 0.25) is 0 Å². The van der Waals surface area contributed by atoms with E-state index in [9.17, 15) is 0 Å². The Bertz CT molecular complexity index is 216. The summed E-state index contributed by atoms with van der Waals surface area (Å²) in [4.78, 5) is 0. The second-order valence-electron chi connectivity index (χ2n) is 3.10. The average Bonchev–Trinajstić information content (AvgIpc) is 2.74. The van der Waals surface area contributed by atoms with Crippen LogP contribution >= 0.6 is 11.8 Å². The first-order valence-corrected chi connectivity index (χ1v) is 5.41. The molecule has 2 N–H and O–H groups in total. The molecule has 1 aromatic heterocycles. The molecule has 66 valence electrons. The predicted molar refractivity (Wildman–Crippen MR) is 52.5 cm³/mol. The Labute approximate surface area is 76.3 Å². The van der Waals surface area contributed by atoms with E-state index >= 15 is 0 Å². The number of rotatable bonds is 3. The smallest absolute Gasteiger partial charge is 0.0723 e. The minimum Gasteiger partial charge on any atom is -0.382 e. The first-order valence-electron chi connectivity index (χ1n) is 4.25. The SMILES string of the molecule is c1n[nH]cc1NCC1CCSC1. The fourth-order valence-electron chi connectivity index (χ4n) is 1.35. The third-order valence-electron chi connectivity index (χ3n) is 2.12. The van der Waals surface area contributed by atoms with Gasteiger partial charge in [-0.15, -0.1) is 0 Å². The molecule has 0 radical (unpaired) electrons. The maximum atomic E-state index is 3.87. The molecule has 1 saturated heterocycles. The molecule has 2 rings (SSSR count). The maximum absolute atomic E-state index is 3.87. The normalized spacial score (nSPS) is 22.8. The highest BCUT2D eigenvalue weighted by atomic mass is 32.2. The molecule has 0 aromatic carbocycles. The Morgan fingerprint density at radius 1 is 1.75 bits per heavy atom. The largest absolute Gasteiger partial charge is 0.382 e. The number of aromatic nitrogens is 2. The monoisotopic (exact) mass is 183 g/mol. The Morgan fingerprint density at radius 3 is 3.42 bits per heavy atom. The summed E-state index contributed by atoms with van der Waals surface area (Å²) < 4.78 is 0. The van der Waals surface area contributed by atoms with E-state index in [1.54, 1.807) is 0 Å². The van der Waals surface area contributed by atoms with E-state index in [1.807, 2.05) is 12.4 Å². The molecule has 0 saturated carbocycles. The Hall–Kier alpha value is -0.640. The van der Waals surface area contributed by atoms with Crippen molar-refractivity contribution in [1.82, 2.24) is 10.2 Å². The molecule has 0 aliphatic carbocycles. The van der Waals surface area contributed by atoms with Gasteiger partial charge in [-0.25, -0.2) is 0 Å². The van der Waals surface area contributed by atoms with Crippen molar-refractivity contribution in [2.75, 3.05) is 23.4 Å². The predicted octanol–water partition coefficient (Wildman–Crippen LogP) is 1.57. The topological polar surface area (TPSA) is 40.7 Å². The van der Waals surface area contributed by atoms with Crippen LogP contribution in [0.15, 0.2) is 12.4 Å². The molecule has 1 atom stereocenters. The first-order chi connectivity index (χ1) is 5.95. The lowest BCUT2D eigenvalue weighted by atomic mass is 10.1. The molecule has 0 spiro atoms. The van der Waals surface area contributed by atoms with Crippen LogP contribution in [-0.4, -0.2) is 28.2 Å². The maximum Gasteiger partial charge on any atom is 0.0723 e. The summed E-state index contributed by atoms with van der Waals surface area (Å²) in [6.45, 7) is 1.09. The number of H-pyrrole nitrogens is 1. The van der Waals surface area contributed by atoms with E-state index in [1.165, 1.54) is 17.9 Å². The molecule has 1 aliphatic rings. The molecular weight excluding hydrogens is 170 g/mol. The molecule has 2 heterocycles. The lowest BCUT2D eigenvalue weighted by Crippen LogP contribution is -2.12. The van der Waals surface area contributed by atoms with E-state index in [-0.39, 0.29) is 0 Å². The summed E-state index contributed by atoms with van der Waals surface area (Å²) in [5.74, 6) is 3.49. The number of aromatic amines is 1. The van der Waals surface area contributed by atoms with Gasteiger partial charge in [-0.1, -0.05) is 0 Å². The molecule has 12 heavy (non-hydrogen) atoms. The van der Waals surface area contributed by atoms with Crippen LogP contribution in [-0.2, 0) is 0 Å². The quantitative estimate of drug-likeness (QED) is 0.747. The molecule has 3 nitrogen and oxygen atoms in total. The zero-order valence-corrected chi connectivity index (χ0v) is 7.73. The number of hydrogen-bond donors (Lipinski definition) is 2. The average molecular weight is 183 g/mol. The van der Waals surface area contributed by atoms with Gasteiger partial charge in [0.25, 0.3) is 0 Å². The van der Waals surface area contributed by atoms with Crippen LogP contribution in [0.2, 0.25) is 0 Å². The van der Waals surface area contributed by atoms with Gasteiger partial charge in [-0.05, 0) is 23.8 Å². The highest BCUT2D eigenvalue weighted by Crippen LogP contribution is 2.23. The van der Waals surface area contributed by atoms with Crippen LogP contribution in [0.3, 0.4) is 0 Å². The van der Waals surface area contributed by atoms with Gasteiger partial charge in [0, 0.05) is 12.7 Å². The van der Waals surface area contributed by atoms with Crippen molar-refractivity contribution >= 4 is 17.4 Å². The molecule has 0 bridgehead atoms. The van der Waals surface area contributed by atoms with Crippen molar-refractivity contribution in [3.05, 3.63) is 12.4 Å². The summed E-state index contributed by atoms with van der Waals surface area (Å²) in [6.07, 6.45) is 5.07. The first kappa shape index (κ1) is 7.98. The lowest BCUT2D eigenvalue weighted by Gasteiger charge is -2.08. The van der Waals surface area contributed by atoms with Crippen LogP contribution in [0.25, 0.3) is 0 Å². The van der Waals surface area contributed by atoms with Crippen molar-refractivity contribution in [2.24, 2.45) is 5.92 Å². The standard InChI is InChI=1S/C8H13N3S/c1-2-12-6-7(1)3-9-8-4-10-11-5-8/h4-5,7,9H,1-3,6H2,(H,10,11). The third kappa shape index (κ3) is 1.94. The van der Waals surface area contributed by atoms with Crippen LogP contribution in [0, 0.1) is 5.92 Å². The van der Waals surface area contributed by atoms with Crippen molar-refractivity contribution < 1.29 is 0 Å². The van der Waals surface area contributed by atoms with Crippen molar-refractivity contribution in [3.8, 4) is 0 Å². The Kier molecular flexibility index (Phi) is 2.56. The van der Waals surface area contributed by atoms with Crippen LogP contribution in [0.1, 0.15) is 6.42 Å². The Morgan fingerprint density at radius 2 is 2.75 bits per heavy atom. The zero-order chi connectivity index (χ0) is 8.23. The van der Waals surface area contributed by atoms with Gasteiger partial charge in [0.15, 0.2) is 0 Å². The van der Waals surface area contributed by atoms with Crippen LogP contribution in [0.4, 0.5) is 5.69 Å². The fourth-order valence-corrected chi connectivity index (χ4v) is 2.64. The van der Waals surface area contributed by atoms with E-state index in [4.69, 9.17) is 0 Å². The minimum absolute atomic E-state index is 0.852. The van der Waals surface area contributed by atoms with Gasteiger partial charge < -0.3 is 5.32 Å². The van der Waals surface area contributed by atoms with Gasteiger partial charge in [0.1, 0.15) is 0 Å². The van der Waals surface area contributed by atoms with Gasteiger partial charge in [-0.2, -0.15) is 16.9 Å². The van der Waals surface area contributed by atoms with Gasteiger partial charge >= 0.3 is 0 Å². The summed E-state index contributed by atoms with van der Waals surface area (Å²) in [5, 5.41) is 10.0. The minimum atomic E-state index is 0.852. The number of thioether (sulfide) groups is 1. The van der Waals surface area contributed by atoms with Crippen molar-refractivity contribution in [2.45, 2.75) is 6.42 Å². The highest BCUT2D eigenvalue weighted by molar-refractivity contribution is 7.99.